The first-order valence-corrected chi connectivity index (χ1v) is 7.01. The highest BCUT2D eigenvalue weighted by atomic mass is 31.2. The van der Waals surface area contributed by atoms with Crippen LogP contribution in [-0.2, 0) is 18.5 Å². The smallest absolute Gasteiger partial charge is 0.308 e. The standard InChI is InChI=1S/C8H17N4O4P/c1-4-14-17(13,15-5-2)8-6-7(10-11-9)16-12(8)3/h7-8H,4-6H2,1-3H3/t7-,8-/m1/s1. The molecular weight excluding hydrogens is 247 g/mol. The van der Waals surface area contributed by atoms with Crippen LogP contribution < -0.4 is 0 Å². The highest BCUT2D eigenvalue weighted by Crippen LogP contribution is 2.57. The molecule has 0 aromatic carbocycles. The van der Waals surface area contributed by atoms with Gasteiger partial charge in [-0.2, -0.15) is 5.06 Å². The number of hydroxylamine groups is 2. The molecule has 0 aromatic heterocycles. The summed E-state index contributed by atoms with van der Waals surface area (Å²) in [6, 6.07) is 0. The molecule has 0 N–H and O–H groups in total. The van der Waals surface area contributed by atoms with E-state index in [4.69, 9.17) is 19.4 Å². The molecule has 1 rings (SSSR count). The topological polar surface area (TPSA) is 96.8 Å². The maximum Gasteiger partial charge on any atom is 0.350 e. The predicted octanol–water partition coefficient (Wildman–Crippen LogP) is 2.48. The van der Waals surface area contributed by atoms with Crippen molar-refractivity contribution >= 4 is 7.60 Å². The lowest BCUT2D eigenvalue weighted by atomic mass is 10.4. The van der Waals surface area contributed by atoms with Gasteiger partial charge in [-0.1, -0.05) is 5.11 Å². The Morgan fingerprint density at radius 3 is 2.59 bits per heavy atom. The molecule has 1 fully saturated rings. The molecule has 0 unspecified atom stereocenters. The van der Waals surface area contributed by atoms with Gasteiger partial charge in [0.05, 0.1) is 13.2 Å². The Morgan fingerprint density at radius 2 is 2.12 bits per heavy atom. The van der Waals surface area contributed by atoms with Crippen molar-refractivity contribution in [3.05, 3.63) is 10.4 Å². The Morgan fingerprint density at radius 1 is 1.53 bits per heavy atom. The van der Waals surface area contributed by atoms with Crippen molar-refractivity contribution < 1.29 is 18.5 Å². The second kappa shape index (κ2) is 6.35. The molecule has 0 radical (unpaired) electrons. The monoisotopic (exact) mass is 264 g/mol. The largest absolute Gasteiger partial charge is 0.350 e. The number of azide groups is 1. The van der Waals surface area contributed by atoms with E-state index >= 15 is 0 Å². The molecule has 9 heteroatoms. The summed E-state index contributed by atoms with van der Waals surface area (Å²) in [5, 5.41) is 4.82. The first-order chi connectivity index (χ1) is 8.07. The van der Waals surface area contributed by atoms with Crippen molar-refractivity contribution in [2.75, 3.05) is 20.3 Å². The van der Waals surface area contributed by atoms with Crippen molar-refractivity contribution in [1.82, 2.24) is 5.06 Å². The second-order valence-electron chi connectivity index (χ2n) is 3.40. The van der Waals surface area contributed by atoms with Gasteiger partial charge in [0.15, 0.2) is 6.23 Å². The van der Waals surface area contributed by atoms with Crippen molar-refractivity contribution in [3.63, 3.8) is 0 Å². The van der Waals surface area contributed by atoms with Crippen LogP contribution in [0.5, 0.6) is 0 Å². The molecule has 0 spiro atoms. The van der Waals surface area contributed by atoms with Gasteiger partial charge in [-0.15, -0.1) is 0 Å². The molecule has 98 valence electrons. The van der Waals surface area contributed by atoms with Gasteiger partial charge in [0.25, 0.3) is 0 Å². The predicted molar refractivity (Wildman–Crippen MR) is 61.0 cm³/mol. The van der Waals surface area contributed by atoms with Crippen molar-refractivity contribution in [1.29, 1.82) is 0 Å². The fourth-order valence-electron chi connectivity index (χ4n) is 1.66. The molecule has 1 heterocycles. The van der Waals surface area contributed by atoms with E-state index < -0.39 is 19.6 Å². The lowest BCUT2D eigenvalue weighted by Gasteiger charge is -2.25. The van der Waals surface area contributed by atoms with Gasteiger partial charge in [0, 0.05) is 18.4 Å². The van der Waals surface area contributed by atoms with Crippen LogP contribution in [0.3, 0.4) is 0 Å². The third-order valence-electron chi connectivity index (χ3n) is 2.28. The number of rotatable bonds is 6. The Labute approximate surface area is 99.9 Å². The van der Waals surface area contributed by atoms with E-state index in [0.717, 1.165) is 0 Å². The van der Waals surface area contributed by atoms with Gasteiger partial charge < -0.3 is 9.05 Å². The van der Waals surface area contributed by atoms with E-state index in [1.54, 1.807) is 20.9 Å². The second-order valence-corrected chi connectivity index (χ2v) is 5.60. The first kappa shape index (κ1) is 14.4. The van der Waals surface area contributed by atoms with Crippen molar-refractivity contribution in [2.24, 2.45) is 5.11 Å². The molecule has 1 aliphatic rings. The third-order valence-corrected chi connectivity index (χ3v) is 4.79. The maximum absolute atomic E-state index is 12.5. The van der Waals surface area contributed by atoms with E-state index in [0.29, 0.717) is 0 Å². The molecular formula is C8H17N4O4P. The van der Waals surface area contributed by atoms with Crippen LogP contribution >= 0.6 is 7.60 Å². The zero-order chi connectivity index (χ0) is 12.9. The SMILES string of the molecule is CCOP(=O)(OCC)[C@@H]1C[C@H](N=[N+]=[N-])ON1C. The van der Waals surface area contributed by atoms with E-state index in [2.05, 4.69) is 10.0 Å². The molecule has 0 saturated carbocycles. The number of nitrogens with zero attached hydrogens (tertiary/aromatic N) is 4. The Hall–Kier alpha value is -0.620. The van der Waals surface area contributed by atoms with Crippen LogP contribution in [0.25, 0.3) is 10.4 Å². The minimum Gasteiger partial charge on any atom is -0.308 e. The van der Waals surface area contributed by atoms with Gasteiger partial charge in [0.2, 0.25) is 0 Å². The highest BCUT2D eigenvalue weighted by Gasteiger charge is 2.45. The van der Waals surface area contributed by atoms with Crippen molar-refractivity contribution in [3.8, 4) is 0 Å². The number of hydrogen-bond acceptors (Lipinski definition) is 6. The van der Waals surface area contributed by atoms with Crippen LogP contribution in [0.4, 0.5) is 0 Å². The average molecular weight is 264 g/mol. The summed E-state index contributed by atoms with van der Waals surface area (Å²) in [6.07, 6.45) is -0.373. The van der Waals surface area contributed by atoms with Crippen LogP contribution in [0.2, 0.25) is 0 Å². The molecule has 0 amide bonds. The summed E-state index contributed by atoms with van der Waals surface area (Å²) in [7, 11) is -1.65. The van der Waals surface area contributed by atoms with Gasteiger partial charge in [-0.05, 0) is 19.4 Å². The van der Waals surface area contributed by atoms with Gasteiger partial charge in [0.1, 0.15) is 5.78 Å². The summed E-state index contributed by atoms with van der Waals surface area (Å²) < 4.78 is 22.9. The third kappa shape index (κ3) is 3.42. The van der Waals surface area contributed by atoms with Crippen LogP contribution in [-0.4, -0.2) is 37.3 Å². The zero-order valence-electron chi connectivity index (χ0n) is 10.1. The molecule has 8 nitrogen and oxygen atoms in total. The fourth-order valence-corrected chi connectivity index (χ4v) is 3.69. The molecule has 0 aromatic rings. The molecule has 1 aliphatic heterocycles. The van der Waals surface area contributed by atoms with Gasteiger partial charge in [-0.3, -0.25) is 9.40 Å². The minimum atomic E-state index is -3.27. The Balaban J connectivity index is 2.81. The van der Waals surface area contributed by atoms with Gasteiger partial charge in [-0.25, -0.2) is 0 Å². The lowest BCUT2D eigenvalue weighted by Crippen LogP contribution is -2.25. The highest BCUT2D eigenvalue weighted by molar-refractivity contribution is 7.54. The molecule has 2 atom stereocenters. The summed E-state index contributed by atoms with van der Waals surface area (Å²) >= 11 is 0. The van der Waals surface area contributed by atoms with Crippen LogP contribution in [0.15, 0.2) is 5.11 Å². The minimum absolute atomic E-state index is 0.286. The molecule has 17 heavy (non-hydrogen) atoms. The molecule has 0 aliphatic carbocycles. The van der Waals surface area contributed by atoms with E-state index in [1.807, 2.05) is 0 Å². The summed E-state index contributed by atoms with van der Waals surface area (Å²) in [6.45, 7) is 4.06. The summed E-state index contributed by atoms with van der Waals surface area (Å²) in [4.78, 5) is 7.90. The number of hydrogen-bond donors (Lipinski definition) is 0. The Bertz CT molecular complexity index is 336. The Kier molecular flexibility index (Phi) is 5.39. The quantitative estimate of drug-likeness (QED) is 0.317. The van der Waals surface area contributed by atoms with Crippen LogP contribution in [0.1, 0.15) is 20.3 Å². The van der Waals surface area contributed by atoms with Crippen molar-refractivity contribution in [2.45, 2.75) is 32.3 Å². The van der Waals surface area contributed by atoms with E-state index in [1.165, 1.54) is 5.06 Å². The summed E-state index contributed by atoms with van der Waals surface area (Å²) in [5.41, 5.74) is 8.34. The average Bonchev–Trinajstić information content (AvgIpc) is 2.61. The summed E-state index contributed by atoms with van der Waals surface area (Å²) in [5.74, 6) is -0.544. The first-order valence-electron chi connectivity index (χ1n) is 5.40. The van der Waals surface area contributed by atoms with E-state index in [-0.39, 0.29) is 19.6 Å². The lowest BCUT2D eigenvalue weighted by molar-refractivity contribution is -0.132. The van der Waals surface area contributed by atoms with Gasteiger partial charge >= 0.3 is 7.60 Å². The molecule has 0 bridgehead atoms. The van der Waals surface area contributed by atoms with E-state index in [9.17, 15) is 4.57 Å². The maximum atomic E-state index is 12.5. The fraction of sp³-hybridized carbons (Fsp3) is 1.00. The molecule has 1 saturated heterocycles. The normalized spacial score (nSPS) is 25.8. The zero-order valence-corrected chi connectivity index (χ0v) is 11.0. The van der Waals surface area contributed by atoms with Crippen LogP contribution in [0, 0.1) is 0 Å².